The molecule has 1 aromatic rings. The van der Waals surface area contributed by atoms with Crippen LogP contribution in [0.3, 0.4) is 0 Å². The van der Waals surface area contributed by atoms with E-state index in [0.717, 1.165) is 45.7 Å². The van der Waals surface area contributed by atoms with Gasteiger partial charge in [0, 0.05) is 38.2 Å². The Kier molecular flexibility index (Phi) is 3.23. The third-order valence-corrected chi connectivity index (χ3v) is 5.50. The van der Waals surface area contributed by atoms with Crippen molar-refractivity contribution in [2.24, 2.45) is 5.41 Å². The third-order valence-electron chi connectivity index (χ3n) is 5.50. The van der Waals surface area contributed by atoms with Crippen LogP contribution >= 0.6 is 0 Å². The molecule has 1 aromatic carbocycles. The standard InChI is InChI=1S/C17H22N2O2/c20-16-17(7-8-18-16)12-19(14-6-9-21-11-14)10-15(17)13-4-2-1-3-5-13/h1-5,14-15H,6-12H2,(H,18,20)/t14-,15-,17+/m0/s1. The van der Waals surface area contributed by atoms with Crippen molar-refractivity contribution in [1.82, 2.24) is 10.2 Å². The van der Waals surface area contributed by atoms with E-state index in [1.807, 2.05) is 6.07 Å². The zero-order valence-corrected chi connectivity index (χ0v) is 12.3. The summed E-state index contributed by atoms with van der Waals surface area (Å²) in [6.45, 7) is 4.35. The maximum Gasteiger partial charge on any atom is 0.228 e. The van der Waals surface area contributed by atoms with E-state index in [9.17, 15) is 4.79 Å². The Labute approximate surface area is 125 Å². The Balaban J connectivity index is 1.67. The van der Waals surface area contributed by atoms with Crippen molar-refractivity contribution in [1.29, 1.82) is 0 Å². The van der Waals surface area contributed by atoms with E-state index in [2.05, 4.69) is 34.5 Å². The molecule has 1 amide bonds. The van der Waals surface area contributed by atoms with Crippen LogP contribution in [0.2, 0.25) is 0 Å². The van der Waals surface area contributed by atoms with Crippen LogP contribution in [0.25, 0.3) is 0 Å². The molecule has 3 saturated heterocycles. The van der Waals surface area contributed by atoms with E-state index in [4.69, 9.17) is 4.74 Å². The maximum atomic E-state index is 12.6. The number of hydrogen-bond acceptors (Lipinski definition) is 3. The summed E-state index contributed by atoms with van der Waals surface area (Å²) in [7, 11) is 0. The highest BCUT2D eigenvalue weighted by Crippen LogP contribution is 2.48. The Morgan fingerprint density at radius 1 is 1.29 bits per heavy atom. The SMILES string of the molecule is O=C1NCC[C@]12CN([C@H]1CCOC1)C[C@H]2c1ccccc1. The number of hydrogen-bond donors (Lipinski definition) is 1. The predicted octanol–water partition coefficient (Wildman–Crippen LogP) is 1.38. The largest absolute Gasteiger partial charge is 0.380 e. The van der Waals surface area contributed by atoms with E-state index < -0.39 is 0 Å². The van der Waals surface area contributed by atoms with Gasteiger partial charge in [-0.3, -0.25) is 9.69 Å². The number of nitrogens with zero attached hydrogens (tertiary/aromatic N) is 1. The second kappa shape index (κ2) is 5.11. The molecular weight excluding hydrogens is 264 g/mol. The van der Waals surface area contributed by atoms with E-state index in [1.165, 1.54) is 5.56 Å². The van der Waals surface area contributed by atoms with Crippen LogP contribution in [0, 0.1) is 5.41 Å². The van der Waals surface area contributed by atoms with Gasteiger partial charge in [0.1, 0.15) is 0 Å². The Morgan fingerprint density at radius 3 is 2.81 bits per heavy atom. The van der Waals surface area contributed by atoms with Crippen LogP contribution in [-0.2, 0) is 9.53 Å². The van der Waals surface area contributed by atoms with Crippen molar-refractivity contribution in [3.8, 4) is 0 Å². The van der Waals surface area contributed by atoms with Gasteiger partial charge in [-0.05, 0) is 18.4 Å². The molecule has 0 aliphatic carbocycles. The summed E-state index contributed by atoms with van der Waals surface area (Å²) >= 11 is 0. The molecule has 3 heterocycles. The molecule has 0 radical (unpaired) electrons. The van der Waals surface area contributed by atoms with Gasteiger partial charge in [0.15, 0.2) is 0 Å². The highest BCUT2D eigenvalue weighted by molar-refractivity contribution is 5.86. The first-order valence-corrected chi connectivity index (χ1v) is 7.95. The first-order chi connectivity index (χ1) is 10.3. The van der Waals surface area contributed by atoms with Crippen molar-refractivity contribution in [3.05, 3.63) is 35.9 Å². The molecule has 0 saturated carbocycles. The summed E-state index contributed by atoms with van der Waals surface area (Å²) in [6, 6.07) is 11.0. The normalized spacial score (nSPS) is 36.5. The molecule has 0 bridgehead atoms. The van der Waals surface area contributed by atoms with Crippen molar-refractivity contribution in [2.75, 3.05) is 32.8 Å². The quantitative estimate of drug-likeness (QED) is 0.893. The molecule has 3 aliphatic rings. The molecule has 1 N–H and O–H groups in total. The van der Waals surface area contributed by atoms with Gasteiger partial charge in [0.2, 0.25) is 5.91 Å². The lowest BCUT2D eigenvalue weighted by molar-refractivity contribution is -0.127. The lowest BCUT2D eigenvalue weighted by atomic mass is 9.73. The molecule has 0 aromatic heterocycles. The minimum atomic E-state index is -0.232. The molecule has 21 heavy (non-hydrogen) atoms. The van der Waals surface area contributed by atoms with E-state index in [0.29, 0.717) is 12.0 Å². The number of amides is 1. The van der Waals surface area contributed by atoms with Crippen molar-refractivity contribution in [3.63, 3.8) is 0 Å². The minimum absolute atomic E-state index is 0.232. The maximum absolute atomic E-state index is 12.6. The van der Waals surface area contributed by atoms with Crippen LogP contribution in [0.1, 0.15) is 24.3 Å². The molecule has 4 heteroatoms. The zero-order chi connectivity index (χ0) is 14.3. The number of ether oxygens (including phenoxy) is 1. The van der Waals surface area contributed by atoms with Crippen LogP contribution in [0.5, 0.6) is 0 Å². The number of benzene rings is 1. The van der Waals surface area contributed by atoms with Gasteiger partial charge < -0.3 is 10.1 Å². The lowest BCUT2D eigenvalue weighted by Crippen LogP contribution is -2.39. The minimum Gasteiger partial charge on any atom is -0.380 e. The Bertz CT molecular complexity index is 527. The van der Waals surface area contributed by atoms with Gasteiger partial charge in [-0.2, -0.15) is 0 Å². The molecule has 3 atom stereocenters. The summed E-state index contributed by atoms with van der Waals surface area (Å²) in [4.78, 5) is 15.1. The van der Waals surface area contributed by atoms with Crippen LogP contribution in [0.4, 0.5) is 0 Å². The molecule has 0 unspecified atom stereocenters. The average Bonchev–Trinajstić information content (AvgIpc) is 3.23. The fraction of sp³-hybridized carbons (Fsp3) is 0.588. The van der Waals surface area contributed by atoms with Crippen LogP contribution in [-0.4, -0.2) is 49.7 Å². The van der Waals surface area contributed by atoms with Crippen molar-refractivity contribution >= 4 is 5.91 Å². The molecule has 112 valence electrons. The van der Waals surface area contributed by atoms with Crippen LogP contribution in [0.15, 0.2) is 30.3 Å². The summed E-state index contributed by atoms with van der Waals surface area (Å²) in [5, 5.41) is 3.07. The fourth-order valence-electron chi connectivity index (χ4n) is 4.32. The van der Waals surface area contributed by atoms with Gasteiger partial charge in [-0.25, -0.2) is 0 Å². The number of carbonyl (C=O) groups excluding carboxylic acids is 1. The highest BCUT2D eigenvalue weighted by atomic mass is 16.5. The lowest BCUT2D eigenvalue weighted by Gasteiger charge is -2.27. The fourth-order valence-corrected chi connectivity index (χ4v) is 4.32. The first kappa shape index (κ1) is 13.3. The predicted molar refractivity (Wildman–Crippen MR) is 80.0 cm³/mol. The molecular formula is C17H22N2O2. The van der Waals surface area contributed by atoms with Crippen molar-refractivity contribution in [2.45, 2.75) is 24.8 Å². The Hall–Kier alpha value is -1.39. The number of rotatable bonds is 2. The van der Waals surface area contributed by atoms with Gasteiger partial charge in [-0.1, -0.05) is 30.3 Å². The smallest absolute Gasteiger partial charge is 0.228 e. The molecule has 1 spiro atoms. The van der Waals surface area contributed by atoms with Gasteiger partial charge >= 0.3 is 0 Å². The second-order valence-electron chi connectivity index (χ2n) is 6.57. The second-order valence-corrected chi connectivity index (χ2v) is 6.57. The summed E-state index contributed by atoms with van der Waals surface area (Å²) < 4.78 is 5.55. The molecule has 4 nitrogen and oxygen atoms in total. The first-order valence-electron chi connectivity index (χ1n) is 7.95. The average molecular weight is 286 g/mol. The molecule has 3 aliphatic heterocycles. The van der Waals surface area contributed by atoms with Gasteiger partial charge in [0.05, 0.1) is 12.0 Å². The zero-order valence-electron chi connectivity index (χ0n) is 12.3. The third kappa shape index (κ3) is 2.09. The summed E-state index contributed by atoms with van der Waals surface area (Å²) in [5.41, 5.74) is 1.07. The number of likely N-dealkylation sites (tertiary alicyclic amines) is 1. The monoisotopic (exact) mass is 286 g/mol. The highest BCUT2D eigenvalue weighted by Gasteiger charge is 2.55. The Morgan fingerprint density at radius 2 is 2.14 bits per heavy atom. The summed E-state index contributed by atoms with van der Waals surface area (Å²) in [5.74, 6) is 0.555. The summed E-state index contributed by atoms with van der Waals surface area (Å²) in [6.07, 6.45) is 2.05. The van der Waals surface area contributed by atoms with Crippen LogP contribution < -0.4 is 5.32 Å². The van der Waals surface area contributed by atoms with E-state index >= 15 is 0 Å². The molecule has 3 fully saturated rings. The number of nitrogens with one attached hydrogen (secondary N) is 1. The topological polar surface area (TPSA) is 41.6 Å². The van der Waals surface area contributed by atoms with E-state index in [-0.39, 0.29) is 11.3 Å². The molecule has 4 rings (SSSR count). The number of carbonyl (C=O) groups is 1. The van der Waals surface area contributed by atoms with Gasteiger partial charge in [-0.15, -0.1) is 0 Å². The van der Waals surface area contributed by atoms with E-state index in [1.54, 1.807) is 0 Å². The van der Waals surface area contributed by atoms with Crippen molar-refractivity contribution < 1.29 is 9.53 Å². The van der Waals surface area contributed by atoms with Gasteiger partial charge in [0.25, 0.3) is 0 Å².